The van der Waals surface area contributed by atoms with E-state index in [1.807, 2.05) is 0 Å². The summed E-state index contributed by atoms with van der Waals surface area (Å²) in [7, 11) is 0. The normalized spacial score (nSPS) is 19.1. The fourth-order valence-electron chi connectivity index (χ4n) is 2.60. The Morgan fingerprint density at radius 2 is 1.79 bits per heavy atom. The van der Waals surface area contributed by atoms with E-state index >= 15 is 0 Å². The summed E-state index contributed by atoms with van der Waals surface area (Å²) in [5.74, 6) is -1.82. The van der Waals surface area contributed by atoms with Crippen molar-refractivity contribution >= 4 is 0 Å². The number of hydrogen-bond donors (Lipinski definition) is 1. The molecule has 1 fully saturated rings. The largest absolute Gasteiger partial charge is 0.388 e. The van der Waals surface area contributed by atoms with Crippen LogP contribution >= 0.6 is 0 Å². The summed E-state index contributed by atoms with van der Waals surface area (Å²) in [6.45, 7) is 2.81. The van der Waals surface area contributed by atoms with Crippen LogP contribution in [-0.4, -0.2) is 29.6 Å². The van der Waals surface area contributed by atoms with Crippen molar-refractivity contribution in [3.8, 4) is 0 Å². The van der Waals surface area contributed by atoms with E-state index in [1.54, 1.807) is 0 Å². The molecule has 1 heterocycles. The predicted molar refractivity (Wildman–Crippen MR) is 70.8 cm³/mol. The van der Waals surface area contributed by atoms with Gasteiger partial charge in [-0.15, -0.1) is 0 Å². The lowest BCUT2D eigenvalue weighted by atomic mass is 10.1. The Labute approximate surface area is 113 Å². The molecule has 19 heavy (non-hydrogen) atoms. The minimum absolute atomic E-state index is 0.0646. The Balaban J connectivity index is 1.89. The van der Waals surface area contributed by atoms with Crippen LogP contribution in [0.4, 0.5) is 8.78 Å². The minimum Gasteiger partial charge on any atom is -0.388 e. The van der Waals surface area contributed by atoms with E-state index in [0.29, 0.717) is 6.42 Å². The van der Waals surface area contributed by atoms with Crippen LogP contribution in [0.2, 0.25) is 0 Å². The monoisotopic (exact) mass is 269 g/mol. The molecule has 2 rings (SSSR count). The maximum Gasteiger partial charge on any atom is 0.164 e. The number of aliphatic hydroxyl groups excluding tert-OH is 1. The molecule has 0 radical (unpaired) electrons. The highest BCUT2D eigenvalue weighted by Gasteiger charge is 2.17. The zero-order valence-electron chi connectivity index (χ0n) is 11.1. The van der Waals surface area contributed by atoms with Gasteiger partial charge in [0.1, 0.15) is 0 Å². The standard InChI is InChI=1S/C15H21F2NO/c16-13-7-5-6-12(15(13)17)14(19)8-11-18-9-3-1-2-4-10-18/h5-7,14,19H,1-4,8-11H2. The SMILES string of the molecule is OC(CCN1CCCCCC1)c1cccc(F)c1F. The lowest BCUT2D eigenvalue weighted by Gasteiger charge is -2.21. The second kappa shape index (κ2) is 6.96. The summed E-state index contributed by atoms with van der Waals surface area (Å²) in [6.07, 6.45) is 4.41. The molecule has 0 spiro atoms. The average Bonchev–Trinajstić information content (AvgIpc) is 2.68. The molecule has 0 bridgehead atoms. The van der Waals surface area contributed by atoms with Crippen LogP contribution in [0.5, 0.6) is 0 Å². The molecule has 106 valence electrons. The first kappa shape index (κ1) is 14.4. The van der Waals surface area contributed by atoms with Crippen LogP contribution < -0.4 is 0 Å². The smallest absolute Gasteiger partial charge is 0.164 e. The molecule has 1 atom stereocenters. The van der Waals surface area contributed by atoms with Crippen LogP contribution in [0, 0.1) is 11.6 Å². The van der Waals surface area contributed by atoms with Gasteiger partial charge in [-0.3, -0.25) is 0 Å². The first-order chi connectivity index (χ1) is 9.18. The highest BCUT2D eigenvalue weighted by molar-refractivity contribution is 5.21. The number of hydrogen-bond acceptors (Lipinski definition) is 2. The molecule has 0 aromatic heterocycles. The summed E-state index contributed by atoms with van der Waals surface area (Å²) in [5.41, 5.74) is 0.0646. The third-order valence-corrected chi connectivity index (χ3v) is 3.76. The molecular weight excluding hydrogens is 248 g/mol. The first-order valence-electron chi connectivity index (χ1n) is 7.03. The van der Waals surface area contributed by atoms with Gasteiger partial charge in [-0.25, -0.2) is 8.78 Å². The van der Waals surface area contributed by atoms with Gasteiger partial charge in [0.05, 0.1) is 6.10 Å². The van der Waals surface area contributed by atoms with Crippen molar-refractivity contribution in [2.75, 3.05) is 19.6 Å². The zero-order valence-corrected chi connectivity index (χ0v) is 11.1. The van der Waals surface area contributed by atoms with Crippen molar-refractivity contribution in [2.24, 2.45) is 0 Å². The lowest BCUT2D eigenvalue weighted by Crippen LogP contribution is -2.27. The van der Waals surface area contributed by atoms with Gasteiger partial charge in [-0.1, -0.05) is 25.0 Å². The molecule has 1 aromatic rings. The number of halogens is 2. The van der Waals surface area contributed by atoms with Crippen LogP contribution in [0.3, 0.4) is 0 Å². The second-order valence-electron chi connectivity index (χ2n) is 5.20. The van der Waals surface area contributed by atoms with E-state index in [1.165, 1.54) is 37.8 Å². The van der Waals surface area contributed by atoms with Gasteiger partial charge in [-0.2, -0.15) is 0 Å². The molecule has 1 unspecified atom stereocenters. The van der Waals surface area contributed by atoms with Crippen molar-refractivity contribution < 1.29 is 13.9 Å². The molecule has 0 aliphatic carbocycles. The molecule has 1 saturated heterocycles. The molecule has 2 nitrogen and oxygen atoms in total. The zero-order chi connectivity index (χ0) is 13.7. The third-order valence-electron chi connectivity index (χ3n) is 3.76. The summed E-state index contributed by atoms with van der Waals surface area (Å²) in [4.78, 5) is 2.30. The summed E-state index contributed by atoms with van der Waals surface area (Å²) in [5, 5.41) is 9.99. The number of nitrogens with zero attached hydrogens (tertiary/aromatic N) is 1. The van der Waals surface area contributed by atoms with E-state index in [-0.39, 0.29) is 5.56 Å². The van der Waals surface area contributed by atoms with E-state index in [9.17, 15) is 13.9 Å². The molecule has 1 aliphatic rings. The molecule has 0 amide bonds. The van der Waals surface area contributed by atoms with E-state index < -0.39 is 17.7 Å². The van der Waals surface area contributed by atoms with Crippen LogP contribution in [-0.2, 0) is 0 Å². The number of likely N-dealkylation sites (tertiary alicyclic amines) is 1. The third kappa shape index (κ3) is 3.98. The average molecular weight is 269 g/mol. The summed E-state index contributed by atoms with van der Waals surface area (Å²) in [6, 6.07) is 3.95. The number of aliphatic hydroxyl groups is 1. The molecule has 1 aliphatic heterocycles. The first-order valence-corrected chi connectivity index (χ1v) is 7.03. The molecule has 1 aromatic carbocycles. The Hall–Kier alpha value is -1.00. The van der Waals surface area contributed by atoms with Crippen molar-refractivity contribution in [1.29, 1.82) is 0 Å². The molecule has 1 N–H and O–H groups in total. The van der Waals surface area contributed by atoms with E-state index in [2.05, 4.69) is 4.90 Å². The van der Waals surface area contributed by atoms with Gasteiger partial charge in [0.15, 0.2) is 11.6 Å². The van der Waals surface area contributed by atoms with E-state index in [4.69, 9.17) is 0 Å². The lowest BCUT2D eigenvalue weighted by molar-refractivity contribution is 0.138. The maximum absolute atomic E-state index is 13.5. The summed E-state index contributed by atoms with van der Waals surface area (Å²) >= 11 is 0. The quantitative estimate of drug-likeness (QED) is 0.907. The molecule has 0 saturated carbocycles. The number of benzene rings is 1. The van der Waals surface area contributed by atoms with Gasteiger partial charge < -0.3 is 10.0 Å². The fourth-order valence-corrected chi connectivity index (χ4v) is 2.60. The topological polar surface area (TPSA) is 23.5 Å². The van der Waals surface area contributed by atoms with E-state index in [0.717, 1.165) is 25.7 Å². The predicted octanol–water partition coefficient (Wildman–Crippen LogP) is 3.26. The molecular formula is C15H21F2NO. The van der Waals surface area contributed by atoms with Crippen molar-refractivity contribution in [3.63, 3.8) is 0 Å². The second-order valence-corrected chi connectivity index (χ2v) is 5.20. The van der Waals surface area contributed by atoms with Gasteiger partial charge in [0.25, 0.3) is 0 Å². The van der Waals surface area contributed by atoms with Gasteiger partial charge in [0, 0.05) is 12.1 Å². The van der Waals surface area contributed by atoms with Crippen LogP contribution in [0.25, 0.3) is 0 Å². The Kier molecular flexibility index (Phi) is 5.28. The number of rotatable bonds is 4. The Morgan fingerprint density at radius 1 is 1.11 bits per heavy atom. The van der Waals surface area contributed by atoms with Gasteiger partial charge in [0.2, 0.25) is 0 Å². The van der Waals surface area contributed by atoms with Crippen molar-refractivity contribution in [1.82, 2.24) is 4.90 Å². The molecule has 4 heteroatoms. The van der Waals surface area contributed by atoms with Crippen LogP contribution in [0.15, 0.2) is 18.2 Å². The fraction of sp³-hybridized carbons (Fsp3) is 0.600. The van der Waals surface area contributed by atoms with Crippen molar-refractivity contribution in [2.45, 2.75) is 38.2 Å². The Bertz CT molecular complexity index is 403. The maximum atomic E-state index is 13.5. The highest BCUT2D eigenvalue weighted by Crippen LogP contribution is 2.22. The highest BCUT2D eigenvalue weighted by atomic mass is 19.2. The Morgan fingerprint density at radius 3 is 2.47 bits per heavy atom. The van der Waals surface area contributed by atoms with Gasteiger partial charge in [-0.05, 0) is 38.4 Å². The summed E-state index contributed by atoms with van der Waals surface area (Å²) < 4.78 is 26.6. The minimum atomic E-state index is -0.932. The van der Waals surface area contributed by atoms with Crippen molar-refractivity contribution in [3.05, 3.63) is 35.4 Å². The van der Waals surface area contributed by atoms with Crippen LogP contribution in [0.1, 0.15) is 43.8 Å². The van der Waals surface area contributed by atoms with Gasteiger partial charge >= 0.3 is 0 Å².